The van der Waals surface area contributed by atoms with E-state index in [9.17, 15) is 13.2 Å². The Morgan fingerprint density at radius 1 is 1.11 bits per heavy atom. The highest BCUT2D eigenvalue weighted by Gasteiger charge is 2.38. The van der Waals surface area contributed by atoms with Crippen LogP contribution in [-0.4, -0.2) is 40.0 Å². The summed E-state index contributed by atoms with van der Waals surface area (Å²) in [6.07, 6.45) is -4.63. The van der Waals surface area contributed by atoms with Crippen molar-refractivity contribution in [1.29, 1.82) is 0 Å². The molecule has 0 fully saturated rings. The number of fused-ring (bicyclic) bond motifs is 1. The first-order valence-electron chi connectivity index (χ1n) is 8.39. The monoisotopic (exact) mass is 379 g/mol. The zero-order valence-electron chi connectivity index (χ0n) is 15.5. The number of hydrogen-bond donors (Lipinski definition) is 0. The van der Waals surface area contributed by atoms with Crippen molar-refractivity contribution >= 4 is 11.5 Å². The van der Waals surface area contributed by atoms with E-state index in [1.165, 1.54) is 0 Å². The van der Waals surface area contributed by atoms with E-state index in [0.29, 0.717) is 24.5 Å². The lowest BCUT2D eigenvalue weighted by Crippen LogP contribution is -2.27. The molecule has 3 aromatic rings. The van der Waals surface area contributed by atoms with Crippen molar-refractivity contribution in [3.8, 4) is 5.75 Å². The quantitative estimate of drug-likeness (QED) is 0.678. The highest BCUT2D eigenvalue weighted by molar-refractivity contribution is 5.59. The Hall–Kier alpha value is -2.84. The summed E-state index contributed by atoms with van der Waals surface area (Å²) in [5.74, 6) is 0.0438. The van der Waals surface area contributed by atoms with E-state index in [4.69, 9.17) is 4.74 Å². The molecule has 0 radical (unpaired) electrons. The number of halogens is 3. The highest BCUT2D eigenvalue weighted by Crippen LogP contribution is 2.30. The van der Waals surface area contributed by atoms with E-state index in [-0.39, 0.29) is 5.65 Å². The smallest absolute Gasteiger partial charge is 0.453 e. The van der Waals surface area contributed by atoms with Gasteiger partial charge in [-0.2, -0.15) is 17.7 Å². The van der Waals surface area contributed by atoms with Gasteiger partial charge in [-0.3, -0.25) is 0 Å². The van der Waals surface area contributed by atoms with E-state index in [0.717, 1.165) is 21.4 Å². The molecule has 3 rings (SSSR count). The average Bonchev–Trinajstić information content (AvgIpc) is 3.02. The van der Waals surface area contributed by atoms with Crippen LogP contribution in [0.5, 0.6) is 5.75 Å². The maximum absolute atomic E-state index is 13.1. The molecule has 6 nitrogen and oxygen atoms in total. The van der Waals surface area contributed by atoms with Gasteiger partial charge in [0.05, 0.1) is 6.54 Å². The van der Waals surface area contributed by atoms with E-state index in [1.54, 1.807) is 25.8 Å². The number of nitrogens with zero attached hydrogens (tertiary/aromatic N) is 5. The number of aryl methyl sites for hydroxylation is 2. The number of alkyl halides is 3. The predicted octanol–water partition coefficient (Wildman–Crippen LogP) is 3.58. The third-order valence-electron chi connectivity index (χ3n) is 4.37. The van der Waals surface area contributed by atoms with E-state index in [2.05, 4.69) is 15.3 Å². The van der Waals surface area contributed by atoms with E-state index < -0.39 is 12.0 Å². The average molecular weight is 379 g/mol. The van der Waals surface area contributed by atoms with Gasteiger partial charge in [0.1, 0.15) is 12.4 Å². The predicted molar refractivity (Wildman–Crippen MR) is 95.2 cm³/mol. The zero-order valence-corrected chi connectivity index (χ0v) is 15.5. The molecule has 0 atom stereocenters. The molecule has 27 heavy (non-hydrogen) atoms. The number of ether oxygens (including phenoxy) is 1. The fraction of sp³-hybridized carbons (Fsp3) is 0.389. The minimum Gasteiger partial charge on any atom is -0.492 e. The van der Waals surface area contributed by atoms with Crippen LogP contribution in [0.1, 0.15) is 22.5 Å². The van der Waals surface area contributed by atoms with Gasteiger partial charge in [0.2, 0.25) is 0 Å². The Bertz CT molecular complexity index is 968. The summed E-state index contributed by atoms with van der Waals surface area (Å²) in [5, 5.41) is 11.0. The number of benzene rings is 1. The molecule has 0 N–H and O–H groups in total. The SMILES string of the molecule is Cc1cccc(OCCN(C)c2nn3c(C(F)(F)F)nnc3c(C)c2C)c1. The van der Waals surface area contributed by atoms with Crippen molar-refractivity contribution < 1.29 is 17.9 Å². The van der Waals surface area contributed by atoms with Crippen molar-refractivity contribution in [3.63, 3.8) is 0 Å². The first kappa shape index (κ1) is 18.9. The molecule has 0 unspecified atom stereocenters. The van der Waals surface area contributed by atoms with Crippen molar-refractivity contribution in [1.82, 2.24) is 19.8 Å². The third-order valence-corrected chi connectivity index (χ3v) is 4.37. The maximum atomic E-state index is 13.1. The Kier molecular flexibility index (Phi) is 4.95. The number of hydrogen-bond acceptors (Lipinski definition) is 5. The number of likely N-dealkylation sites (N-methyl/N-ethyl adjacent to an activating group) is 1. The molecular formula is C18H20F3N5O. The first-order chi connectivity index (χ1) is 12.7. The molecule has 0 saturated carbocycles. The van der Waals surface area contributed by atoms with Crippen LogP contribution in [0.2, 0.25) is 0 Å². The van der Waals surface area contributed by atoms with Gasteiger partial charge in [-0.15, -0.1) is 15.3 Å². The van der Waals surface area contributed by atoms with Crippen LogP contribution >= 0.6 is 0 Å². The summed E-state index contributed by atoms with van der Waals surface area (Å²) in [5.41, 5.74) is 2.55. The van der Waals surface area contributed by atoms with Crippen molar-refractivity contribution in [3.05, 3.63) is 46.8 Å². The van der Waals surface area contributed by atoms with Crippen LogP contribution in [-0.2, 0) is 6.18 Å². The molecule has 0 aliphatic heterocycles. The Balaban J connectivity index is 1.83. The highest BCUT2D eigenvalue weighted by atomic mass is 19.4. The van der Waals surface area contributed by atoms with Crippen LogP contribution in [0, 0.1) is 20.8 Å². The van der Waals surface area contributed by atoms with Crippen molar-refractivity contribution in [2.24, 2.45) is 0 Å². The number of anilines is 1. The second-order valence-corrected chi connectivity index (χ2v) is 6.42. The molecule has 1 aromatic carbocycles. The number of aromatic nitrogens is 4. The van der Waals surface area contributed by atoms with Crippen LogP contribution in [0.4, 0.5) is 19.0 Å². The van der Waals surface area contributed by atoms with Gasteiger partial charge in [0.15, 0.2) is 11.5 Å². The normalized spacial score (nSPS) is 11.8. The van der Waals surface area contributed by atoms with Gasteiger partial charge < -0.3 is 9.64 Å². The molecule has 0 amide bonds. The molecule has 0 bridgehead atoms. The molecule has 144 valence electrons. The molecule has 2 heterocycles. The Morgan fingerprint density at radius 2 is 1.85 bits per heavy atom. The second-order valence-electron chi connectivity index (χ2n) is 6.42. The van der Waals surface area contributed by atoms with Crippen molar-refractivity contribution in [2.45, 2.75) is 26.9 Å². The molecule has 2 aromatic heterocycles. The van der Waals surface area contributed by atoms with E-state index >= 15 is 0 Å². The summed E-state index contributed by atoms with van der Waals surface area (Å²) in [7, 11) is 1.76. The molecule has 9 heteroatoms. The Morgan fingerprint density at radius 3 is 2.52 bits per heavy atom. The molecule has 0 spiro atoms. The summed E-state index contributed by atoms with van der Waals surface area (Å²) in [6, 6.07) is 7.66. The minimum absolute atomic E-state index is 0.105. The first-order valence-corrected chi connectivity index (χ1v) is 8.39. The molecule has 0 saturated heterocycles. The third kappa shape index (κ3) is 3.81. The van der Waals surface area contributed by atoms with Crippen LogP contribution in [0.15, 0.2) is 24.3 Å². The molecular weight excluding hydrogens is 359 g/mol. The fourth-order valence-corrected chi connectivity index (χ4v) is 2.76. The van der Waals surface area contributed by atoms with Gasteiger partial charge >= 0.3 is 6.18 Å². The fourth-order valence-electron chi connectivity index (χ4n) is 2.76. The van der Waals surface area contributed by atoms with Gasteiger partial charge in [0.25, 0.3) is 5.82 Å². The number of rotatable bonds is 5. The van der Waals surface area contributed by atoms with E-state index in [1.807, 2.05) is 31.2 Å². The van der Waals surface area contributed by atoms with Crippen LogP contribution < -0.4 is 9.64 Å². The lowest BCUT2D eigenvalue weighted by molar-refractivity contribution is -0.146. The lowest BCUT2D eigenvalue weighted by atomic mass is 10.2. The van der Waals surface area contributed by atoms with Gasteiger partial charge in [0, 0.05) is 18.2 Å². The minimum atomic E-state index is -4.63. The summed E-state index contributed by atoms with van der Waals surface area (Å²) >= 11 is 0. The van der Waals surface area contributed by atoms with Gasteiger partial charge in [-0.25, -0.2) is 0 Å². The van der Waals surface area contributed by atoms with Gasteiger partial charge in [-0.1, -0.05) is 12.1 Å². The second kappa shape index (κ2) is 7.05. The molecule has 0 aliphatic carbocycles. The maximum Gasteiger partial charge on any atom is 0.453 e. The standard InChI is InChI=1S/C18H20F3N5O/c1-11-6-5-7-14(10-11)27-9-8-25(4)16-13(3)12(2)15-22-23-17(18(19,20)21)26(15)24-16/h5-7,10H,8-9H2,1-4H3. The summed E-state index contributed by atoms with van der Waals surface area (Å²) in [4.78, 5) is 1.76. The summed E-state index contributed by atoms with van der Waals surface area (Å²) in [6.45, 7) is 6.31. The zero-order chi connectivity index (χ0) is 19.8. The Labute approximate surface area is 154 Å². The van der Waals surface area contributed by atoms with Gasteiger partial charge in [-0.05, 0) is 38.5 Å². The topological polar surface area (TPSA) is 55.5 Å². The van der Waals surface area contributed by atoms with Crippen LogP contribution in [0.25, 0.3) is 5.65 Å². The molecule has 0 aliphatic rings. The van der Waals surface area contributed by atoms with Crippen LogP contribution in [0.3, 0.4) is 0 Å². The van der Waals surface area contributed by atoms with Crippen molar-refractivity contribution in [2.75, 3.05) is 25.1 Å². The summed E-state index contributed by atoms with van der Waals surface area (Å²) < 4.78 is 45.9. The largest absolute Gasteiger partial charge is 0.492 e. The lowest BCUT2D eigenvalue weighted by Gasteiger charge is -2.21.